The molecular weight excluding hydrogens is 453 g/mol. The van der Waals surface area contributed by atoms with Gasteiger partial charge in [-0.3, -0.25) is 18.6 Å². The van der Waals surface area contributed by atoms with Gasteiger partial charge in [-0.1, -0.05) is 59.8 Å². The van der Waals surface area contributed by atoms with Crippen molar-refractivity contribution >= 4 is 40.0 Å². The zero-order valence-corrected chi connectivity index (χ0v) is 19.1. The Hall–Kier alpha value is -3.98. The number of anilines is 1. The van der Waals surface area contributed by atoms with Crippen LogP contribution >= 0.6 is 11.8 Å². The number of benzene rings is 3. The molecule has 0 saturated carbocycles. The van der Waals surface area contributed by atoms with Crippen LogP contribution in [-0.4, -0.2) is 30.8 Å². The van der Waals surface area contributed by atoms with Gasteiger partial charge < -0.3 is 5.32 Å². The topological polar surface area (TPSA) is 81.3 Å². The summed E-state index contributed by atoms with van der Waals surface area (Å²) in [7, 11) is 0. The highest BCUT2D eigenvalue weighted by Crippen LogP contribution is 2.22. The third kappa shape index (κ3) is 4.29. The zero-order valence-electron chi connectivity index (χ0n) is 18.2. The maximum Gasteiger partial charge on any atom is 0.263 e. The molecule has 1 N–H and O–H groups in total. The van der Waals surface area contributed by atoms with Crippen LogP contribution in [0.2, 0.25) is 0 Å². The minimum Gasteiger partial charge on any atom is -0.325 e. The third-order valence-corrected chi connectivity index (χ3v) is 6.31. The Bertz CT molecular complexity index is 1580. The Labute approximate surface area is 198 Å². The minimum atomic E-state index is -0.424. The molecule has 2 aromatic heterocycles. The van der Waals surface area contributed by atoms with Crippen molar-refractivity contribution in [1.82, 2.24) is 19.2 Å². The van der Waals surface area contributed by atoms with E-state index in [4.69, 9.17) is 0 Å². The highest BCUT2D eigenvalue weighted by Gasteiger charge is 2.18. The largest absolute Gasteiger partial charge is 0.325 e. The molecule has 2 heterocycles. The van der Waals surface area contributed by atoms with Crippen LogP contribution in [0.5, 0.6) is 0 Å². The minimum absolute atomic E-state index is 0.0444. The Kier molecular flexibility index (Phi) is 5.85. The quantitative estimate of drug-likeness (QED) is 0.373. The van der Waals surface area contributed by atoms with E-state index in [1.807, 2.05) is 49.4 Å². The van der Waals surface area contributed by atoms with Crippen molar-refractivity contribution in [2.24, 2.45) is 0 Å². The summed E-state index contributed by atoms with van der Waals surface area (Å²) < 4.78 is 16.8. The molecule has 0 unspecified atom stereocenters. The number of rotatable bonds is 6. The first-order chi connectivity index (χ1) is 16.5. The summed E-state index contributed by atoms with van der Waals surface area (Å²) in [5, 5.41) is 12.3. The standard InChI is InChI=1S/C25H20FN5O2S/c1-16-9-11-17(12-10-16)14-30-23(33)20-7-2-3-8-21(20)31-24(30)28-29-25(31)34-15-22(32)27-19-6-4-5-18(26)13-19/h2-13H,14-15H2,1H3,(H,27,32). The Morgan fingerprint density at radius 2 is 1.82 bits per heavy atom. The number of aryl methyl sites for hydroxylation is 1. The van der Waals surface area contributed by atoms with Crippen molar-refractivity contribution in [3.8, 4) is 0 Å². The number of nitrogens with zero attached hydrogens (tertiary/aromatic N) is 4. The number of halogens is 1. The van der Waals surface area contributed by atoms with Gasteiger partial charge in [0.15, 0.2) is 5.16 Å². The molecule has 0 radical (unpaired) electrons. The molecule has 5 rings (SSSR count). The molecule has 0 aliphatic carbocycles. The number of hydrogen-bond acceptors (Lipinski definition) is 5. The lowest BCUT2D eigenvalue weighted by Gasteiger charge is -2.11. The number of para-hydroxylation sites is 1. The molecule has 0 aliphatic rings. The highest BCUT2D eigenvalue weighted by molar-refractivity contribution is 7.99. The predicted octanol–water partition coefficient (Wildman–Crippen LogP) is 4.27. The molecule has 7 nitrogen and oxygen atoms in total. The Morgan fingerprint density at radius 3 is 2.62 bits per heavy atom. The van der Waals surface area contributed by atoms with Gasteiger partial charge >= 0.3 is 0 Å². The third-order valence-electron chi connectivity index (χ3n) is 5.38. The average molecular weight is 474 g/mol. The van der Waals surface area contributed by atoms with E-state index >= 15 is 0 Å². The summed E-state index contributed by atoms with van der Waals surface area (Å²) in [6, 6.07) is 21.0. The SMILES string of the molecule is Cc1ccc(Cn2c(=O)c3ccccc3n3c(SCC(=O)Nc4cccc(F)c4)nnc23)cc1. The number of hydrogen-bond donors (Lipinski definition) is 1. The lowest BCUT2D eigenvalue weighted by atomic mass is 10.1. The van der Waals surface area contributed by atoms with Gasteiger partial charge in [0, 0.05) is 5.69 Å². The van der Waals surface area contributed by atoms with E-state index < -0.39 is 5.82 Å². The molecule has 0 aliphatic heterocycles. The Morgan fingerprint density at radius 1 is 1.03 bits per heavy atom. The molecule has 0 bridgehead atoms. The van der Waals surface area contributed by atoms with E-state index in [-0.39, 0.29) is 17.2 Å². The Balaban J connectivity index is 1.50. The van der Waals surface area contributed by atoms with Crippen LogP contribution in [-0.2, 0) is 11.3 Å². The van der Waals surface area contributed by atoms with Gasteiger partial charge in [0.2, 0.25) is 11.7 Å². The van der Waals surface area contributed by atoms with Crippen LogP contribution < -0.4 is 10.9 Å². The monoisotopic (exact) mass is 473 g/mol. The first-order valence-corrected chi connectivity index (χ1v) is 11.6. The summed E-state index contributed by atoms with van der Waals surface area (Å²) in [5.74, 6) is -0.281. The van der Waals surface area contributed by atoms with E-state index in [1.54, 1.807) is 21.1 Å². The van der Waals surface area contributed by atoms with Gasteiger partial charge in [-0.2, -0.15) is 0 Å². The summed E-state index contributed by atoms with van der Waals surface area (Å²) >= 11 is 1.19. The molecule has 170 valence electrons. The molecule has 3 aromatic carbocycles. The van der Waals surface area contributed by atoms with Crippen LogP contribution in [0.1, 0.15) is 11.1 Å². The van der Waals surface area contributed by atoms with E-state index in [1.165, 1.54) is 30.0 Å². The summed E-state index contributed by atoms with van der Waals surface area (Å²) in [5.41, 5.74) is 3.00. The molecule has 1 amide bonds. The van der Waals surface area contributed by atoms with E-state index in [0.717, 1.165) is 11.1 Å². The number of amides is 1. The van der Waals surface area contributed by atoms with Crippen molar-refractivity contribution in [2.75, 3.05) is 11.1 Å². The molecule has 0 saturated heterocycles. The summed E-state index contributed by atoms with van der Waals surface area (Å²) in [6.45, 7) is 2.35. The van der Waals surface area contributed by atoms with Crippen LogP contribution in [0, 0.1) is 12.7 Å². The zero-order chi connectivity index (χ0) is 23.7. The maximum absolute atomic E-state index is 13.4. The molecule has 0 atom stereocenters. The van der Waals surface area contributed by atoms with Crippen molar-refractivity contribution in [3.63, 3.8) is 0 Å². The van der Waals surface area contributed by atoms with Crippen LogP contribution in [0.3, 0.4) is 0 Å². The lowest BCUT2D eigenvalue weighted by Crippen LogP contribution is -2.24. The van der Waals surface area contributed by atoms with Crippen molar-refractivity contribution < 1.29 is 9.18 Å². The highest BCUT2D eigenvalue weighted by atomic mass is 32.2. The van der Waals surface area contributed by atoms with Gasteiger partial charge in [-0.25, -0.2) is 4.39 Å². The fourth-order valence-electron chi connectivity index (χ4n) is 3.74. The van der Waals surface area contributed by atoms with Gasteiger partial charge in [-0.15, -0.1) is 10.2 Å². The average Bonchev–Trinajstić information content (AvgIpc) is 3.26. The number of thioether (sulfide) groups is 1. The smallest absolute Gasteiger partial charge is 0.263 e. The predicted molar refractivity (Wildman–Crippen MR) is 131 cm³/mol. The maximum atomic E-state index is 13.4. The molecule has 0 fully saturated rings. The van der Waals surface area contributed by atoms with Crippen LogP contribution in [0.25, 0.3) is 16.7 Å². The second-order valence-corrected chi connectivity index (χ2v) is 8.80. The number of carbonyl (C=O) groups is 1. The van der Waals surface area contributed by atoms with Crippen LogP contribution in [0.4, 0.5) is 10.1 Å². The van der Waals surface area contributed by atoms with Gasteiger partial charge in [0.1, 0.15) is 5.82 Å². The fraction of sp³-hybridized carbons (Fsp3) is 0.120. The van der Waals surface area contributed by atoms with E-state index in [0.29, 0.717) is 34.1 Å². The first kappa shape index (κ1) is 21.8. The number of nitrogens with one attached hydrogen (secondary N) is 1. The molecular formula is C25H20FN5O2S. The molecule has 0 spiro atoms. The second-order valence-electron chi connectivity index (χ2n) is 7.86. The number of aromatic nitrogens is 4. The lowest BCUT2D eigenvalue weighted by molar-refractivity contribution is -0.113. The van der Waals surface area contributed by atoms with Crippen LogP contribution in [0.15, 0.2) is 82.7 Å². The van der Waals surface area contributed by atoms with Crippen molar-refractivity contribution in [3.05, 3.63) is 100 Å². The van der Waals surface area contributed by atoms with Gasteiger partial charge in [0.25, 0.3) is 5.56 Å². The van der Waals surface area contributed by atoms with E-state index in [9.17, 15) is 14.0 Å². The van der Waals surface area contributed by atoms with Crippen molar-refractivity contribution in [1.29, 1.82) is 0 Å². The summed E-state index contributed by atoms with van der Waals surface area (Å²) in [6.07, 6.45) is 0. The first-order valence-electron chi connectivity index (χ1n) is 10.6. The fourth-order valence-corrected chi connectivity index (χ4v) is 4.48. The normalized spacial score (nSPS) is 11.2. The number of carbonyl (C=O) groups excluding carboxylic acids is 1. The molecule has 5 aromatic rings. The van der Waals surface area contributed by atoms with Gasteiger partial charge in [-0.05, 0) is 42.8 Å². The molecule has 9 heteroatoms. The van der Waals surface area contributed by atoms with E-state index in [2.05, 4.69) is 15.5 Å². The molecule has 34 heavy (non-hydrogen) atoms. The summed E-state index contributed by atoms with van der Waals surface area (Å²) in [4.78, 5) is 25.7. The van der Waals surface area contributed by atoms with Gasteiger partial charge in [0.05, 0.1) is 23.2 Å². The second kappa shape index (κ2) is 9.11. The number of fused-ring (bicyclic) bond motifs is 3. The van der Waals surface area contributed by atoms with Crippen molar-refractivity contribution in [2.45, 2.75) is 18.6 Å².